The standard InChI is InChI=1S/C14H15Cl2NO2/c15-12-3-4-13(16)14(11-12)19-8-2-1-5-17-6-9-18-10-7-17/h3-4,11H,5-10H2. The zero-order valence-corrected chi connectivity index (χ0v) is 12.0. The molecule has 0 radical (unpaired) electrons. The molecule has 5 heteroatoms. The Labute approximate surface area is 123 Å². The van der Waals surface area contributed by atoms with Crippen LogP contribution < -0.4 is 4.74 Å². The first-order valence-corrected chi connectivity index (χ1v) is 6.85. The molecule has 0 bridgehead atoms. The summed E-state index contributed by atoms with van der Waals surface area (Å²) in [5.41, 5.74) is 0. The lowest BCUT2D eigenvalue weighted by Gasteiger charge is -2.24. The van der Waals surface area contributed by atoms with Crippen molar-refractivity contribution in [2.24, 2.45) is 0 Å². The molecular formula is C14H15Cl2NO2. The minimum atomic E-state index is 0.310. The van der Waals surface area contributed by atoms with Crippen molar-refractivity contribution in [3.63, 3.8) is 0 Å². The van der Waals surface area contributed by atoms with Gasteiger partial charge in [0.05, 0.1) is 24.8 Å². The second-order valence-corrected chi connectivity index (χ2v) is 4.95. The Morgan fingerprint density at radius 1 is 1.21 bits per heavy atom. The third-order valence-corrected chi connectivity index (χ3v) is 3.27. The van der Waals surface area contributed by atoms with Crippen molar-refractivity contribution in [3.8, 4) is 17.6 Å². The Morgan fingerprint density at radius 3 is 2.79 bits per heavy atom. The van der Waals surface area contributed by atoms with Crippen LogP contribution >= 0.6 is 23.2 Å². The van der Waals surface area contributed by atoms with E-state index in [-0.39, 0.29) is 0 Å². The zero-order valence-electron chi connectivity index (χ0n) is 10.5. The van der Waals surface area contributed by atoms with Crippen LogP contribution in [0.2, 0.25) is 10.0 Å². The van der Waals surface area contributed by atoms with E-state index in [0.29, 0.717) is 22.4 Å². The lowest BCUT2D eigenvalue weighted by atomic mass is 10.3. The van der Waals surface area contributed by atoms with Gasteiger partial charge in [-0.25, -0.2) is 0 Å². The summed E-state index contributed by atoms with van der Waals surface area (Å²) in [6.07, 6.45) is 0. The SMILES string of the molecule is Clc1ccc(Cl)c(OCC#CCN2CCOCC2)c1. The van der Waals surface area contributed by atoms with Crippen molar-refractivity contribution in [3.05, 3.63) is 28.2 Å². The van der Waals surface area contributed by atoms with Crippen molar-refractivity contribution in [1.82, 2.24) is 4.90 Å². The smallest absolute Gasteiger partial charge is 0.149 e. The first kappa shape index (κ1) is 14.5. The number of rotatable bonds is 3. The molecule has 0 amide bonds. The first-order valence-electron chi connectivity index (χ1n) is 6.09. The monoisotopic (exact) mass is 299 g/mol. The summed E-state index contributed by atoms with van der Waals surface area (Å²) in [5, 5.41) is 1.14. The van der Waals surface area contributed by atoms with Gasteiger partial charge in [0.25, 0.3) is 0 Å². The second-order valence-electron chi connectivity index (χ2n) is 4.11. The predicted molar refractivity (Wildman–Crippen MR) is 77.0 cm³/mol. The normalized spacial score (nSPS) is 15.7. The highest BCUT2D eigenvalue weighted by Crippen LogP contribution is 2.27. The van der Waals surface area contributed by atoms with E-state index >= 15 is 0 Å². The van der Waals surface area contributed by atoms with E-state index in [1.807, 2.05) is 0 Å². The van der Waals surface area contributed by atoms with Crippen LogP contribution in [-0.2, 0) is 4.74 Å². The molecule has 102 valence electrons. The molecule has 1 aliphatic heterocycles. The summed E-state index contributed by atoms with van der Waals surface area (Å²) in [7, 11) is 0. The number of benzene rings is 1. The van der Waals surface area contributed by atoms with E-state index in [2.05, 4.69) is 16.7 Å². The van der Waals surface area contributed by atoms with Gasteiger partial charge in [0, 0.05) is 24.2 Å². The average Bonchev–Trinajstić information content (AvgIpc) is 2.43. The summed E-state index contributed by atoms with van der Waals surface area (Å²) in [5.74, 6) is 6.61. The maximum atomic E-state index is 5.98. The van der Waals surface area contributed by atoms with Crippen LogP contribution in [0.25, 0.3) is 0 Å². The molecule has 0 spiro atoms. The molecule has 1 aromatic rings. The van der Waals surface area contributed by atoms with E-state index in [1.165, 1.54) is 0 Å². The van der Waals surface area contributed by atoms with Crippen LogP contribution in [0, 0.1) is 11.8 Å². The third-order valence-electron chi connectivity index (χ3n) is 2.72. The van der Waals surface area contributed by atoms with Gasteiger partial charge >= 0.3 is 0 Å². The van der Waals surface area contributed by atoms with E-state index in [0.717, 1.165) is 32.8 Å². The van der Waals surface area contributed by atoms with Crippen LogP contribution in [0.5, 0.6) is 5.75 Å². The summed E-state index contributed by atoms with van der Waals surface area (Å²) in [4.78, 5) is 2.25. The number of morpholine rings is 1. The van der Waals surface area contributed by atoms with Crippen LogP contribution in [0.3, 0.4) is 0 Å². The van der Waals surface area contributed by atoms with Crippen LogP contribution in [0.4, 0.5) is 0 Å². The highest BCUT2D eigenvalue weighted by Gasteiger charge is 2.07. The molecule has 0 unspecified atom stereocenters. The molecule has 0 saturated carbocycles. The Hall–Kier alpha value is -0.920. The second kappa shape index (κ2) is 7.62. The molecule has 0 atom stereocenters. The summed E-state index contributed by atoms with van der Waals surface area (Å²) in [6.45, 7) is 4.51. The maximum absolute atomic E-state index is 5.98. The van der Waals surface area contributed by atoms with Crippen LogP contribution in [0.1, 0.15) is 0 Å². The highest BCUT2D eigenvalue weighted by molar-refractivity contribution is 6.34. The highest BCUT2D eigenvalue weighted by atomic mass is 35.5. The molecule has 3 nitrogen and oxygen atoms in total. The molecule has 0 aromatic heterocycles. The van der Waals surface area contributed by atoms with Gasteiger partial charge in [-0.05, 0) is 12.1 Å². The number of hydrogen-bond donors (Lipinski definition) is 0. The third kappa shape index (κ3) is 4.93. The van der Waals surface area contributed by atoms with Crippen molar-refractivity contribution < 1.29 is 9.47 Å². The minimum absolute atomic E-state index is 0.310. The fourth-order valence-corrected chi connectivity index (χ4v) is 2.01. The zero-order chi connectivity index (χ0) is 13.5. The lowest BCUT2D eigenvalue weighted by Crippen LogP contribution is -2.36. The first-order chi connectivity index (χ1) is 9.25. The molecule has 1 aliphatic rings. The Kier molecular flexibility index (Phi) is 5.81. The maximum Gasteiger partial charge on any atom is 0.149 e. The van der Waals surface area contributed by atoms with Gasteiger partial charge in [-0.2, -0.15) is 0 Å². The van der Waals surface area contributed by atoms with Crippen LogP contribution in [-0.4, -0.2) is 44.4 Å². The van der Waals surface area contributed by atoms with Crippen molar-refractivity contribution in [2.75, 3.05) is 39.5 Å². The molecule has 1 fully saturated rings. The van der Waals surface area contributed by atoms with Gasteiger partial charge in [-0.15, -0.1) is 0 Å². The predicted octanol–water partition coefficient (Wildman–Crippen LogP) is 2.71. The molecular weight excluding hydrogens is 285 g/mol. The van der Waals surface area contributed by atoms with Gasteiger partial charge in [0.1, 0.15) is 12.4 Å². The summed E-state index contributed by atoms with van der Waals surface area (Å²) < 4.78 is 10.7. The van der Waals surface area contributed by atoms with E-state index in [9.17, 15) is 0 Å². The number of halogens is 2. The average molecular weight is 300 g/mol. The lowest BCUT2D eigenvalue weighted by molar-refractivity contribution is 0.0443. The molecule has 1 aromatic carbocycles. The van der Waals surface area contributed by atoms with Gasteiger partial charge in [0.15, 0.2) is 0 Å². The van der Waals surface area contributed by atoms with Gasteiger partial charge in [0.2, 0.25) is 0 Å². The number of ether oxygens (including phenoxy) is 2. The van der Waals surface area contributed by atoms with E-state index in [4.69, 9.17) is 32.7 Å². The van der Waals surface area contributed by atoms with Crippen molar-refractivity contribution in [2.45, 2.75) is 0 Å². The summed E-state index contributed by atoms with van der Waals surface area (Å²) in [6, 6.07) is 5.12. The van der Waals surface area contributed by atoms with E-state index in [1.54, 1.807) is 18.2 Å². The molecule has 0 N–H and O–H groups in total. The molecule has 1 saturated heterocycles. The number of nitrogens with zero attached hydrogens (tertiary/aromatic N) is 1. The Bertz CT molecular complexity index is 476. The van der Waals surface area contributed by atoms with Crippen molar-refractivity contribution in [1.29, 1.82) is 0 Å². The van der Waals surface area contributed by atoms with Gasteiger partial charge in [-0.1, -0.05) is 35.0 Å². The Balaban J connectivity index is 1.75. The fraction of sp³-hybridized carbons (Fsp3) is 0.429. The molecule has 0 aliphatic carbocycles. The fourth-order valence-electron chi connectivity index (χ4n) is 1.68. The largest absolute Gasteiger partial charge is 0.479 e. The molecule has 2 rings (SSSR count). The quantitative estimate of drug-likeness (QED) is 0.801. The summed E-state index contributed by atoms with van der Waals surface area (Å²) >= 11 is 11.8. The van der Waals surface area contributed by atoms with Crippen LogP contribution in [0.15, 0.2) is 18.2 Å². The minimum Gasteiger partial charge on any atom is -0.479 e. The number of hydrogen-bond acceptors (Lipinski definition) is 3. The Morgan fingerprint density at radius 2 is 2.00 bits per heavy atom. The van der Waals surface area contributed by atoms with Crippen molar-refractivity contribution >= 4 is 23.2 Å². The molecule has 1 heterocycles. The van der Waals surface area contributed by atoms with Gasteiger partial charge < -0.3 is 9.47 Å². The molecule has 19 heavy (non-hydrogen) atoms. The topological polar surface area (TPSA) is 21.7 Å². The van der Waals surface area contributed by atoms with E-state index < -0.39 is 0 Å². The van der Waals surface area contributed by atoms with Gasteiger partial charge in [-0.3, -0.25) is 4.90 Å².